The molecule has 1 aliphatic heterocycles. The molecule has 0 aromatic heterocycles. The van der Waals surface area contributed by atoms with E-state index in [2.05, 4.69) is 0 Å². The van der Waals surface area contributed by atoms with Crippen LogP contribution < -0.4 is 0 Å². The zero-order valence-electron chi connectivity index (χ0n) is 7.03. The molecule has 74 valence electrons. The van der Waals surface area contributed by atoms with Crippen molar-refractivity contribution in [3.05, 3.63) is 0 Å². The molecule has 6 heteroatoms. The molecule has 2 unspecified atom stereocenters. The Labute approximate surface area is 73.8 Å². The van der Waals surface area contributed by atoms with E-state index in [1.165, 1.54) is 6.92 Å². The van der Waals surface area contributed by atoms with Gasteiger partial charge in [-0.05, 0) is 6.92 Å². The van der Waals surface area contributed by atoms with E-state index in [1.54, 1.807) is 0 Å². The van der Waals surface area contributed by atoms with Gasteiger partial charge in [-0.15, -0.1) is 0 Å². The predicted molar refractivity (Wildman–Crippen MR) is 40.3 cm³/mol. The molecular weight excluding hydrogens is 181 g/mol. The second-order valence-corrected chi connectivity index (χ2v) is 3.27. The summed E-state index contributed by atoms with van der Waals surface area (Å²) in [5, 5.41) is 17.3. The molecule has 2 N–H and O–H groups in total. The number of nitrogens with zero attached hydrogens (tertiary/aromatic N) is 1. The number of carbonyl (C=O) groups is 2. The number of amides is 1. The van der Waals surface area contributed by atoms with E-state index < -0.39 is 23.8 Å². The van der Waals surface area contributed by atoms with Crippen molar-refractivity contribution in [2.45, 2.75) is 25.1 Å². The number of rotatable bonds is 1. The second-order valence-electron chi connectivity index (χ2n) is 3.27. The molecule has 0 radical (unpaired) electrons. The molecule has 0 bridgehead atoms. The van der Waals surface area contributed by atoms with Gasteiger partial charge in [0.2, 0.25) is 0 Å². The largest absolute Gasteiger partial charge is 0.480 e. The molecular formula is C7H10FNO4. The molecule has 5 nitrogen and oxygen atoms in total. The third-order valence-corrected chi connectivity index (χ3v) is 2.29. The van der Waals surface area contributed by atoms with Gasteiger partial charge in [-0.2, -0.15) is 0 Å². The highest BCUT2D eigenvalue weighted by molar-refractivity contribution is 5.84. The Bertz CT molecular complexity index is 257. The summed E-state index contributed by atoms with van der Waals surface area (Å²) in [4.78, 5) is 21.9. The van der Waals surface area contributed by atoms with Gasteiger partial charge in [-0.1, -0.05) is 0 Å². The van der Waals surface area contributed by atoms with E-state index in [0.29, 0.717) is 4.90 Å². The van der Waals surface area contributed by atoms with Crippen molar-refractivity contribution in [3.63, 3.8) is 0 Å². The quantitative estimate of drug-likeness (QED) is 0.634. The third-order valence-electron chi connectivity index (χ3n) is 2.29. The zero-order valence-corrected chi connectivity index (χ0v) is 7.03. The van der Waals surface area contributed by atoms with Gasteiger partial charge in [-0.25, -0.2) is 14.0 Å². The maximum Gasteiger partial charge on any atom is 0.408 e. The number of hydrogen-bond acceptors (Lipinski definition) is 2. The fraction of sp³-hybridized carbons (Fsp3) is 0.714. The molecule has 2 atom stereocenters. The van der Waals surface area contributed by atoms with Crippen molar-refractivity contribution in [1.29, 1.82) is 0 Å². The third kappa shape index (κ3) is 1.43. The van der Waals surface area contributed by atoms with E-state index in [4.69, 9.17) is 10.2 Å². The Morgan fingerprint density at radius 2 is 2.08 bits per heavy atom. The number of carboxylic acids is 1. The first-order valence-electron chi connectivity index (χ1n) is 3.76. The van der Waals surface area contributed by atoms with Crippen molar-refractivity contribution in [2.75, 3.05) is 6.54 Å². The fourth-order valence-corrected chi connectivity index (χ4v) is 1.50. The van der Waals surface area contributed by atoms with E-state index >= 15 is 0 Å². The first-order valence-corrected chi connectivity index (χ1v) is 3.76. The minimum Gasteiger partial charge on any atom is -0.480 e. The van der Waals surface area contributed by atoms with Crippen molar-refractivity contribution in [3.8, 4) is 0 Å². The summed E-state index contributed by atoms with van der Waals surface area (Å²) in [5.41, 5.74) is -1.62. The number of alkyl halides is 1. The van der Waals surface area contributed by atoms with Crippen molar-refractivity contribution in [2.24, 2.45) is 0 Å². The molecule has 0 saturated carbocycles. The molecule has 1 amide bonds. The van der Waals surface area contributed by atoms with Gasteiger partial charge in [0.25, 0.3) is 0 Å². The molecule has 0 aromatic carbocycles. The summed E-state index contributed by atoms with van der Waals surface area (Å²) in [7, 11) is 0. The van der Waals surface area contributed by atoms with E-state index in [-0.39, 0.29) is 13.0 Å². The van der Waals surface area contributed by atoms with Crippen LogP contribution in [0.4, 0.5) is 9.18 Å². The lowest BCUT2D eigenvalue weighted by molar-refractivity contribution is -0.147. The minimum atomic E-state index is -1.62. The standard InChI is InChI=1S/C7H10FNO4/c1-7(5(10)11)2-4(8)3-9(7)6(12)13/h4H,2-3H2,1H3,(H,10,11)(H,12,13). The van der Waals surface area contributed by atoms with Gasteiger partial charge in [0, 0.05) is 6.42 Å². The zero-order chi connectivity index (χ0) is 10.2. The molecule has 1 aliphatic rings. The number of aliphatic carboxylic acids is 1. The minimum absolute atomic E-state index is 0.283. The van der Waals surface area contributed by atoms with Crippen LogP contribution >= 0.6 is 0 Å². The maximum atomic E-state index is 12.8. The Kier molecular flexibility index (Phi) is 2.15. The maximum absolute atomic E-state index is 12.8. The average Bonchev–Trinajstić information content (AvgIpc) is 2.27. The van der Waals surface area contributed by atoms with Crippen LogP contribution in [0.3, 0.4) is 0 Å². The summed E-state index contributed by atoms with van der Waals surface area (Å²) in [6, 6.07) is 0. The number of carboxylic acid groups (broad SMARTS) is 2. The average molecular weight is 191 g/mol. The lowest BCUT2D eigenvalue weighted by Gasteiger charge is -2.27. The van der Waals surface area contributed by atoms with Crippen LogP contribution in [0.1, 0.15) is 13.3 Å². The first-order chi connectivity index (χ1) is 5.88. The molecule has 0 spiro atoms. The smallest absolute Gasteiger partial charge is 0.408 e. The van der Waals surface area contributed by atoms with E-state index in [1.807, 2.05) is 0 Å². The summed E-state index contributed by atoms with van der Waals surface area (Å²) in [6.07, 6.45) is -3.07. The highest BCUT2D eigenvalue weighted by atomic mass is 19.1. The van der Waals surface area contributed by atoms with Gasteiger partial charge in [0.05, 0.1) is 6.54 Å². The van der Waals surface area contributed by atoms with Crippen LogP contribution in [0, 0.1) is 0 Å². The lowest BCUT2D eigenvalue weighted by atomic mass is 9.99. The summed E-state index contributed by atoms with van der Waals surface area (Å²) < 4.78 is 12.8. The van der Waals surface area contributed by atoms with Crippen molar-refractivity contribution < 1.29 is 24.2 Å². The van der Waals surface area contributed by atoms with E-state index in [9.17, 15) is 14.0 Å². The second kappa shape index (κ2) is 2.86. The number of halogens is 1. The number of likely N-dealkylation sites (tertiary alicyclic amines) is 1. The predicted octanol–water partition coefficient (Wildman–Crippen LogP) is 0.551. The van der Waals surface area contributed by atoms with Gasteiger partial charge in [0.1, 0.15) is 11.7 Å². The number of hydrogen-bond donors (Lipinski definition) is 2. The van der Waals surface area contributed by atoms with Crippen LogP contribution in [0.25, 0.3) is 0 Å². The Balaban J connectivity index is 2.95. The highest BCUT2D eigenvalue weighted by Crippen LogP contribution is 2.31. The van der Waals surface area contributed by atoms with Crippen LogP contribution in [-0.4, -0.2) is 45.4 Å². The molecule has 0 aromatic rings. The van der Waals surface area contributed by atoms with Crippen molar-refractivity contribution in [1.82, 2.24) is 4.90 Å². The van der Waals surface area contributed by atoms with Crippen LogP contribution in [0.5, 0.6) is 0 Å². The van der Waals surface area contributed by atoms with Crippen LogP contribution in [-0.2, 0) is 4.79 Å². The first kappa shape index (κ1) is 9.76. The summed E-state index contributed by atoms with van der Waals surface area (Å²) in [5.74, 6) is -1.31. The fourth-order valence-electron chi connectivity index (χ4n) is 1.50. The van der Waals surface area contributed by atoms with Gasteiger partial charge in [-0.3, -0.25) is 4.90 Å². The summed E-state index contributed by atoms with van der Waals surface area (Å²) in [6.45, 7) is 0.848. The van der Waals surface area contributed by atoms with Gasteiger partial charge in [0.15, 0.2) is 0 Å². The van der Waals surface area contributed by atoms with Gasteiger partial charge >= 0.3 is 12.1 Å². The topological polar surface area (TPSA) is 77.8 Å². The Hall–Kier alpha value is -1.33. The monoisotopic (exact) mass is 191 g/mol. The summed E-state index contributed by atoms with van der Waals surface area (Å²) >= 11 is 0. The van der Waals surface area contributed by atoms with Crippen molar-refractivity contribution >= 4 is 12.1 Å². The lowest BCUT2D eigenvalue weighted by Crippen LogP contribution is -2.50. The molecule has 1 fully saturated rings. The SMILES string of the molecule is CC1(C(=O)O)CC(F)CN1C(=O)O. The molecule has 0 aliphatic carbocycles. The molecule has 1 saturated heterocycles. The van der Waals surface area contributed by atoms with E-state index in [0.717, 1.165) is 0 Å². The Morgan fingerprint density at radius 1 is 1.54 bits per heavy atom. The molecule has 13 heavy (non-hydrogen) atoms. The van der Waals surface area contributed by atoms with Crippen LogP contribution in [0.2, 0.25) is 0 Å². The highest BCUT2D eigenvalue weighted by Gasteiger charge is 2.50. The molecule has 1 rings (SSSR count). The normalized spacial score (nSPS) is 33.4. The van der Waals surface area contributed by atoms with Gasteiger partial charge < -0.3 is 10.2 Å². The Morgan fingerprint density at radius 3 is 2.38 bits per heavy atom. The van der Waals surface area contributed by atoms with Crippen LogP contribution in [0.15, 0.2) is 0 Å². The molecule has 1 heterocycles.